The van der Waals surface area contributed by atoms with Crippen LogP contribution in [0.2, 0.25) is 0 Å². The molecule has 2 rings (SSSR count). The minimum atomic E-state index is 0.154. The molecule has 0 aromatic carbocycles. The van der Waals surface area contributed by atoms with Crippen molar-refractivity contribution in [3.8, 4) is 0 Å². The van der Waals surface area contributed by atoms with E-state index in [0.29, 0.717) is 18.2 Å². The Hall–Kier alpha value is -1.19. The number of carbonyl (C=O) groups excluding carboxylic acids is 1. The van der Waals surface area contributed by atoms with Crippen LogP contribution in [0.3, 0.4) is 0 Å². The van der Waals surface area contributed by atoms with Crippen LogP contribution in [0, 0.1) is 5.92 Å². The number of rotatable bonds is 6. The van der Waals surface area contributed by atoms with Crippen LogP contribution in [0.5, 0.6) is 0 Å². The lowest BCUT2D eigenvalue weighted by Crippen LogP contribution is -2.14. The molecule has 1 saturated carbocycles. The fraction of sp³-hybridized carbons (Fsp3) is 0.800. The summed E-state index contributed by atoms with van der Waals surface area (Å²) < 4.78 is 5.18. The van der Waals surface area contributed by atoms with Crippen molar-refractivity contribution in [1.29, 1.82) is 0 Å². The summed E-state index contributed by atoms with van der Waals surface area (Å²) in [7, 11) is 0. The van der Waals surface area contributed by atoms with Crippen LogP contribution in [0.1, 0.15) is 76.4 Å². The highest BCUT2D eigenvalue weighted by Gasteiger charge is 2.25. The van der Waals surface area contributed by atoms with Gasteiger partial charge in [0, 0.05) is 12.3 Å². The Labute approximate surface area is 115 Å². The molecule has 106 valence electrons. The van der Waals surface area contributed by atoms with E-state index in [0.717, 1.165) is 24.6 Å². The molecule has 1 aromatic heterocycles. The molecule has 1 fully saturated rings. The molecule has 4 nitrogen and oxygen atoms in total. The van der Waals surface area contributed by atoms with Crippen molar-refractivity contribution in [2.75, 3.05) is 0 Å². The topological polar surface area (TPSA) is 56.0 Å². The lowest BCUT2D eigenvalue weighted by atomic mass is 9.80. The summed E-state index contributed by atoms with van der Waals surface area (Å²) in [5.41, 5.74) is 0. The number of carbonyl (C=O) groups is 1. The smallest absolute Gasteiger partial charge is 0.234 e. The van der Waals surface area contributed by atoms with Crippen LogP contribution >= 0.6 is 0 Å². The molecule has 0 aliphatic heterocycles. The molecular formula is C15H24N2O2. The first-order valence-electron chi connectivity index (χ1n) is 7.57. The van der Waals surface area contributed by atoms with E-state index in [9.17, 15) is 4.79 Å². The lowest BCUT2D eigenvalue weighted by molar-refractivity contribution is -0.118. The van der Waals surface area contributed by atoms with Gasteiger partial charge in [0.15, 0.2) is 5.82 Å². The lowest BCUT2D eigenvalue weighted by Gasteiger charge is -2.26. The quantitative estimate of drug-likeness (QED) is 0.786. The molecule has 0 spiro atoms. The zero-order chi connectivity index (χ0) is 13.7. The van der Waals surface area contributed by atoms with E-state index >= 15 is 0 Å². The van der Waals surface area contributed by atoms with Crippen LogP contribution in [-0.4, -0.2) is 15.9 Å². The fourth-order valence-electron chi connectivity index (χ4n) is 2.92. The highest BCUT2D eigenvalue weighted by Crippen LogP contribution is 2.36. The minimum absolute atomic E-state index is 0.154. The third kappa shape index (κ3) is 3.88. The molecule has 0 amide bonds. The number of hydrogen-bond donors (Lipinski definition) is 0. The van der Waals surface area contributed by atoms with Crippen LogP contribution in [0.25, 0.3) is 0 Å². The summed E-state index contributed by atoms with van der Waals surface area (Å²) in [4.78, 5) is 15.7. The molecule has 1 heterocycles. The molecule has 19 heavy (non-hydrogen) atoms. The van der Waals surface area contributed by atoms with Gasteiger partial charge >= 0.3 is 0 Å². The largest absolute Gasteiger partial charge is 0.339 e. The first kappa shape index (κ1) is 14.2. The molecule has 0 atom stereocenters. The van der Waals surface area contributed by atoms with E-state index in [2.05, 4.69) is 17.1 Å². The number of nitrogens with zero attached hydrogens (tertiary/aromatic N) is 2. The van der Waals surface area contributed by atoms with Crippen molar-refractivity contribution < 1.29 is 9.32 Å². The van der Waals surface area contributed by atoms with Crippen LogP contribution in [-0.2, 0) is 11.2 Å². The van der Waals surface area contributed by atoms with E-state index < -0.39 is 0 Å². The summed E-state index contributed by atoms with van der Waals surface area (Å²) in [5.74, 6) is 2.77. The summed E-state index contributed by atoms with van der Waals surface area (Å²) in [5, 5.41) is 4.06. The predicted octanol–water partition coefficient (Wildman–Crippen LogP) is 3.67. The number of hydrogen-bond acceptors (Lipinski definition) is 4. The normalized spacial score (nSPS) is 23.5. The van der Waals surface area contributed by atoms with Gasteiger partial charge in [0.2, 0.25) is 5.89 Å². The molecule has 0 bridgehead atoms. The van der Waals surface area contributed by atoms with Crippen LogP contribution in [0.15, 0.2) is 4.52 Å². The van der Waals surface area contributed by atoms with Crippen molar-refractivity contribution in [3.63, 3.8) is 0 Å². The fourth-order valence-corrected chi connectivity index (χ4v) is 2.92. The first-order valence-corrected chi connectivity index (χ1v) is 7.57. The summed E-state index contributed by atoms with van der Waals surface area (Å²) in [6.45, 7) is 4.11. The van der Waals surface area contributed by atoms with Gasteiger partial charge in [-0.25, -0.2) is 0 Å². The SMILES string of the molecule is CCCC1CCC(c2noc(CC(=O)CC)n2)CC1. The van der Waals surface area contributed by atoms with E-state index in [1.165, 1.54) is 25.7 Å². The Morgan fingerprint density at radius 3 is 2.63 bits per heavy atom. The molecule has 0 radical (unpaired) electrons. The molecule has 0 unspecified atom stereocenters. The molecule has 1 aliphatic rings. The van der Waals surface area contributed by atoms with Crippen LogP contribution in [0.4, 0.5) is 0 Å². The van der Waals surface area contributed by atoms with Crippen molar-refractivity contribution in [2.45, 2.75) is 71.1 Å². The molecule has 0 saturated heterocycles. The standard InChI is InChI=1S/C15H24N2O2/c1-3-5-11-6-8-12(9-7-11)15-16-14(19-17-15)10-13(18)4-2/h11-12H,3-10H2,1-2H3. The maximum atomic E-state index is 11.4. The first-order chi connectivity index (χ1) is 9.22. The molecule has 1 aromatic rings. The maximum Gasteiger partial charge on any atom is 0.234 e. The van der Waals surface area contributed by atoms with Gasteiger partial charge < -0.3 is 4.52 Å². The molecule has 4 heteroatoms. The van der Waals surface area contributed by atoms with Gasteiger partial charge in [0.05, 0.1) is 6.42 Å². The van der Waals surface area contributed by atoms with E-state index in [4.69, 9.17) is 4.52 Å². The van der Waals surface area contributed by atoms with Gasteiger partial charge in [-0.15, -0.1) is 0 Å². The molecular weight excluding hydrogens is 240 g/mol. The highest BCUT2D eigenvalue weighted by molar-refractivity contribution is 5.79. The van der Waals surface area contributed by atoms with Gasteiger partial charge in [-0.2, -0.15) is 4.98 Å². The number of aromatic nitrogens is 2. The second-order valence-electron chi connectivity index (χ2n) is 5.62. The molecule has 0 N–H and O–H groups in total. The summed E-state index contributed by atoms with van der Waals surface area (Å²) in [6, 6.07) is 0. The van der Waals surface area contributed by atoms with Crippen molar-refractivity contribution in [2.24, 2.45) is 5.92 Å². The summed E-state index contributed by atoms with van der Waals surface area (Å²) >= 11 is 0. The monoisotopic (exact) mass is 264 g/mol. The third-order valence-corrected chi connectivity index (χ3v) is 4.14. The zero-order valence-electron chi connectivity index (χ0n) is 12.0. The van der Waals surface area contributed by atoms with E-state index in [-0.39, 0.29) is 12.2 Å². The summed E-state index contributed by atoms with van der Waals surface area (Å²) in [6.07, 6.45) is 8.30. The second-order valence-corrected chi connectivity index (χ2v) is 5.62. The van der Waals surface area contributed by atoms with Crippen molar-refractivity contribution in [1.82, 2.24) is 10.1 Å². The Bertz CT molecular complexity index is 406. The van der Waals surface area contributed by atoms with Crippen LogP contribution < -0.4 is 0 Å². The minimum Gasteiger partial charge on any atom is -0.339 e. The van der Waals surface area contributed by atoms with Crippen molar-refractivity contribution in [3.05, 3.63) is 11.7 Å². The maximum absolute atomic E-state index is 11.4. The third-order valence-electron chi connectivity index (χ3n) is 4.14. The van der Waals surface area contributed by atoms with Gasteiger partial charge in [0.1, 0.15) is 5.78 Å². The Morgan fingerprint density at radius 1 is 1.26 bits per heavy atom. The highest BCUT2D eigenvalue weighted by atomic mass is 16.5. The number of ketones is 1. The predicted molar refractivity (Wildman–Crippen MR) is 72.9 cm³/mol. The second kappa shape index (κ2) is 6.83. The molecule has 1 aliphatic carbocycles. The van der Waals surface area contributed by atoms with Crippen molar-refractivity contribution >= 4 is 5.78 Å². The zero-order valence-corrected chi connectivity index (χ0v) is 12.0. The van der Waals surface area contributed by atoms with E-state index in [1.807, 2.05) is 6.92 Å². The van der Waals surface area contributed by atoms with Gasteiger partial charge in [-0.05, 0) is 31.6 Å². The van der Waals surface area contributed by atoms with Gasteiger partial charge in [-0.1, -0.05) is 31.8 Å². The average molecular weight is 264 g/mol. The Kier molecular flexibility index (Phi) is 5.11. The van der Waals surface area contributed by atoms with Gasteiger partial charge in [-0.3, -0.25) is 4.79 Å². The Balaban J connectivity index is 1.88. The number of Topliss-reactive ketones (excluding diaryl/α,β-unsaturated/α-hetero) is 1. The Morgan fingerprint density at radius 2 is 2.00 bits per heavy atom. The van der Waals surface area contributed by atoms with Gasteiger partial charge in [0.25, 0.3) is 0 Å². The van der Waals surface area contributed by atoms with E-state index in [1.54, 1.807) is 0 Å². The average Bonchev–Trinajstić information content (AvgIpc) is 2.88.